The number of rotatable bonds is 7. The molecule has 1 aromatic heterocycles. The van der Waals surface area contributed by atoms with Crippen LogP contribution < -0.4 is 5.32 Å². The Morgan fingerprint density at radius 2 is 1.88 bits per heavy atom. The van der Waals surface area contributed by atoms with Gasteiger partial charge in [-0.2, -0.15) is 4.98 Å². The summed E-state index contributed by atoms with van der Waals surface area (Å²) < 4.78 is 5.11. The lowest BCUT2D eigenvalue weighted by atomic mass is 10.1. The van der Waals surface area contributed by atoms with Crippen molar-refractivity contribution >= 4 is 17.7 Å². The van der Waals surface area contributed by atoms with Crippen LogP contribution in [0.3, 0.4) is 0 Å². The Labute approximate surface area is 150 Å². The number of benzene rings is 2. The van der Waals surface area contributed by atoms with Crippen LogP contribution in [0.2, 0.25) is 0 Å². The fourth-order valence-electron chi connectivity index (χ4n) is 2.26. The number of aromatic nitrogens is 2. The third kappa shape index (κ3) is 4.93. The Balaban J connectivity index is 1.43. The van der Waals surface area contributed by atoms with Gasteiger partial charge in [-0.15, -0.1) is 11.8 Å². The van der Waals surface area contributed by atoms with Crippen molar-refractivity contribution in [3.8, 4) is 11.5 Å². The summed E-state index contributed by atoms with van der Waals surface area (Å²) in [6, 6.07) is 17.4. The maximum absolute atomic E-state index is 12.2. The SMILES string of the molecule is Cc1noc(-c2ccc(C(=O)NCCCSc3ccccc3)cc2)n1. The van der Waals surface area contributed by atoms with Crippen molar-refractivity contribution in [1.29, 1.82) is 0 Å². The van der Waals surface area contributed by atoms with Gasteiger partial charge >= 0.3 is 0 Å². The Morgan fingerprint density at radius 1 is 1.12 bits per heavy atom. The normalized spacial score (nSPS) is 10.6. The molecule has 0 aliphatic carbocycles. The molecule has 5 nitrogen and oxygen atoms in total. The number of nitrogens with one attached hydrogen (secondary N) is 1. The topological polar surface area (TPSA) is 68.0 Å². The first-order valence-corrected chi connectivity index (χ1v) is 9.08. The van der Waals surface area contributed by atoms with Crippen LogP contribution in [0.1, 0.15) is 22.6 Å². The summed E-state index contributed by atoms with van der Waals surface area (Å²) in [5, 5.41) is 6.71. The third-order valence-corrected chi connectivity index (χ3v) is 4.64. The first kappa shape index (κ1) is 17.2. The number of nitrogens with zero attached hydrogens (tertiary/aromatic N) is 2. The van der Waals surface area contributed by atoms with Gasteiger partial charge in [0.15, 0.2) is 5.82 Å². The second kappa shape index (κ2) is 8.48. The van der Waals surface area contributed by atoms with E-state index in [-0.39, 0.29) is 5.91 Å². The molecule has 1 amide bonds. The van der Waals surface area contributed by atoms with E-state index in [2.05, 4.69) is 27.6 Å². The lowest BCUT2D eigenvalue weighted by Crippen LogP contribution is -2.24. The van der Waals surface area contributed by atoms with E-state index in [1.165, 1.54) is 4.90 Å². The highest BCUT2D eigenvalue weighted by Crippen LogP contribution is 2.18. The van der Waals surface area contributed by atoms with Crippen molar-refractivity contribution < 1.29 is 9.32 Å². The Kier molecular flexibility index (Phi) is 5.85. The number of carbonyl (C=O) groups is 1. The molecule has 0 atom stereocenters. The van der Waals surface area contributed by atoms with Crippen LogP contribution in [0.5, 0.6) is 0 Å². The average molecular weight is 353 g/mol. The molecule has 0 radical (unpaired) electrons. The van der Waals surface area contributed by atoms with E-state index < -0.39 is 0 Å². The van der Waals surface area contributed by atoms with Crippen LogP contribution in [0.25, 0.3) is 11.5 Å². The Morgan fingerprint density at radius 3 is 2.56 bits per heavy atom. The molecule has 0 spiro atoms. The number of hydrogen-bond acceptors (Lipinski definition) is 5. The summed E-state index contributed by atoms with van der Waals surface area (Å²) >= 11 is 1.79. The van der Waals surface area contributed by atoms with Crippen molar-refractivity contribution in [3.63, 3.8) is 0 Å². The molecule has 0 saturated carbocycles. The molecule has 0 aliphatic rings. The fourth-order valence-corrected chi connectivity index (χ4v) is 3.14. The highest BCUT2D eigenvalue weighted by molar-refractivity contribution is 7.99. The molecule has 6 heteroatoms. The van der Waals surface area contributed by atoms with Crippen molar-refractivity contribution in [2.75, 3.05) is 12.3 Å². The van der Waals surface area contributed by atoms with Gasteiger partial charge in [0, 0.05) is 22.6 Å². The average Bonchev–Trinajstić information content (AvgIpc) is 3.09. The molecule has 0 saturated heterocycles. The molecule has 2 aromatic carbocycles. The van der Waals surface area contributed by atoms with Gasteiger partial charge in [0.2, 0.25) is 0 Å². The summed E-state index contributed by atoms with van der Waals surface area (Å²) in [4.78, 5) is 17.6. The minimum Gasteiger partial charge on any atom is -0.352 e. The van der Waals surface area contributed by atoms with E-state index >= 15 is 0 Å². The maximum Gasteiger partial charge on any atom is 0.257 e. The zero-order chi connectivity index (χ0) is 17.5. The van der Waals surface area contributed by atoms with E-state index in [0.29, 0.717) is 23.8 Å². The lowest BCUT2D eigenvalue weighted by molar-refractivity contribution is 0.0954. The number of thioether (sulfide) groups is 1. The predicted octanol–water partition coefficient (Wildman–Crippen LogP) is 3.96. The van der Waals surface area contributed by atoms with Crippen LogP contribution in [0.4, 0.5) is 0 Å². The van der Waals surface area contributed by atoms with Crippen molar-refractivity contribution in [3.05, 3.63) is 66.0 Å². The largest absolute Gasteiger partial charge is 0.352 e. The molecule has 128 valence electrons. The zero-order valence-electron chi connectivity index (χ0n) is 13.9. The van der Waals surface area contributed by atoms with Crippen LogP contribution in [0, 0.1) is 6.92 Å². The molecule has 0 unspecified atom stereocenters. The van der Waals surface area contributed by atoms with Gasteiger partial charge in [-0.25, -0.2) is 0 Å². The highest BCUT2D eigenvalue weighted by atomic mass is 32.2. The number of hydrogen-bond donors (Lipinski definition) is 1. The summed E-state index contributed by atoms with van der Waals surface area (Å²) in [6.45, 7) is 2.42. The summed E-state index contributed by atoms with van der Waals surface area (Å²) in [6.07, 6.45) is 0.921. The number of carbonyl (C=O) groups excluding carboxylic acids is 1. The minimum absolute atomic E-state index is 0.0713. The highest BCUT2D eigenvalue weighted by Gasteiger charge is 2.09. The third-order valence-electron chi connectivity index (χ3n) is 3.54. The Hall–Kier alpha value is -2.60. The standard InChI is InChI=1S/C19H19N3O2S/c1-14-21-19(24-22-14)16-10-8-15(9-11-16)18(23)20-12-5-13-25-17-6-3-2-4-7-17/h2-4,6-11H,5,12-13H2,1H3,(H,20,23). The molecule has 0 aliphatic heterocycles. The van der Waals surface area contributed by atoms with E-state index in [1.54, 1.807) is 30.8 Å². The molecular formula is C19H19N3O2S. The Bertz CT molecular complexity index is 816. The van der Waals surface area contributed by atoms with Gasteiger partial charge in [-0.3, -0.25) is 4.79 Å². The second-order valence-corrected chi connectivity index (χ2v) is 6.66. The summed E-state index contributed by atoms with van der Waals surface area (Å²) in [5.74, 6) is 1.95. The predicted molar refractivity (Wildman–Crippen MR) is 98.6 cm³/mol. The molecule has 3 aromatic rings. The monoisotopic (exact) mass is 353 g/mol. The first-order valence-electron chi connectivity index (χ1n) is 8.09. The molecule has 0 bridgehead atoms. The van der Waals surface area contributed by atoms with E-state index in [9.17, 15) is 4.79 Å². The van der Waals surface area contributed by atoms with Crippen molar-refractivity contribution in [2.45, 2.75) is 18.2 Å². The zero-order valence-corrected chi connectivity index (χ0v) is 14.8. The molecule has 1 N–H and O–H groups in total. The second-order valence-electron chi connectivity index (χ2n) is 5.50. The van der Waals surface area contributed by atoms with Gasteiger partial charge < -0.3 is 9.84 Å². The molecule has 0 fully saturated rings. The van der Waals surface area contributed by atoms with Crippen molar-refractivity contribution in [1.82, 2.24) is 15.5 Å². The summed E-state index contributed by atoms with van der Waals surface area (Å²) in [7, 11) is 0. The fraction of sp³-hybridized carbons (Fsp3) is 0.211. The maximum atomic E-state index is 12.2. The number of amides is 1. The molecule has 25 heavy (non-hydrogen) atoms. The van der Waals surface area contributed by atoms with Gasteiger partial charge in [0.1, 0.15) is 0 Å². The van der Waals surface area contributed by atoms with Crippen LogP contribution >= 0.6 is 11.8 Å². The van der Waals surface area contributed by atoms with Crippen LogP contribution in [-0.2, 0) is 0 Å². The van der Waals surface area contributed by atoms with Crippen LogP contribution in [-0.4, -0.2) is 28.3 Å². The molecule has 3 rings (SSSR count). The lowest BCUT2D eigenvalue weighted by Gasteiger charge is -2.06. The minimum atomic E-state index is -0.0713. The molecular weight excluding hydrogens is 334 g/mol. The van der Waals surface area contributed by atoms with Gasteiger partial charge in [-0.05, 0) is 55.5 Å². The van der Waals surface area contributed by atoms with Gasteiger partial charge in [-0.1, -0.05) is 23.4 Å². The number of aryl methyl sites for hydroxylation is 1. The molecule has 1 heterocycles. The van der Waals surface area contributed by atoms with Gasteiger partial charge in [0.25, 0.3) is 11.8 Å². The quantitative estimate of drug-likeness (QED) is 0.514. The van der Waals surface area contributed by atoms with Crippen molar-refractivity contribution in [2.24, 2.45) is 0 Å². The summed E-state index contributed by atoms with van der Waals surface area (Å²) in [5.41, 5.74) is 1.42. The first-order chi connectivity index (χ1) is 12.2. The smallest absolute Gasteiger partial charge is 0.257 e. The van der Waals surface area contributed by atoms with E-state index in [1.807, 2.05) is 30.3 Å². The van der Waals surface area contributed by atoms with Crippen LogP contribution in [0.15, 0.2) is 64.0 Å². The van der Waals surface area contributed by atoms with E-state index in [4.69, 9.17) is 4.52 Å². The van der Waals surface area contributed by atoms with Gasteiger partial charge in [0.05, 0.1) is 0 Å². The van der Waals surface area contributed by atoms with E-state index in [0.717, 1.165) is 17.7 Å².